The first-order valence-corrected chi connectivity index (χ1v) is 7.86. The van der Waals surface area contributed by atoms with Gasteiger partial charge in [-0.1, -0.05) is 17.2 Å². The minimum absolute atomic E-state index is 0.0156. The molecule has 0 aliphatic carbocycles. The highest BCUT2D eigenvalue weighted by molar-refractivity contribution is 5.97. The molecule has 0 atom stereocenters. The molecule has 2 N–H and O–H groups in total. The zero-order valence-electron chi connectivity index (χ0n) is 13.6. The van der Waals surface area contributed by atoms with Crippen LogP contribution in [-0.2, 0) is 9.59 Å². The number of rotatable bonds is 5. The minimum Gasteiger partial charge on any atom is -0.345 e. The Kier molecular flexibility index (Phi) is 5.73. The van der Waals surface area contributed by atoms with Crippen molar-refractivity contribution in [1.82, 2.24) is 15.5 Å². The molecule has 1 fully saturated rings. The van der Waals surface area contributed by atoms with Gasteiger partial charge in [0.15, 0.2) is 0 Å². The van der Waals surface area contributed by atoms with Crippen LogP contribution in [0.3, 0.4) is 0 Å². The summed E-state index contributed by atoms with van der Waals surface area (Å²) in [4.78, 5) is 37.3. The summed E-state index contributed by atoms with van der Waals surface area (Å²) in [6, 6.07) is 5.53. The van der Waals surface area contributed by atoms with Crippen molar-refractivity contribution in [2.75, 3.05) is 26.2 Å². The molecule has 1 saturated heterocycles. The summed E-state index contributed by atoms with van der Waals surface area (Å²) in [7, 11) is 0. The summed E-state index contributed by atoms with van der Waals surface area (Å²) in [5, 5.41) is 5.11. The van der Waals surface area contributed by atoms with Crippen LogP contribution >= 0.6 is 0 Å². The second kappa shape index (κ2) is 7.76. The third kappa shape index (κ3) is 5.09. The highest BCUT2D eigenvalue weighted by Gasteiger charge is 2.18. The van der Waals surface area contributed by atoms with Gasteiger partial charge >= 0.3 is 0 Å². The number of nitrogens with zero attached hydrogens (tertiary/aromatic N) is 1. The number of carbonyl (C=O) groups is 3. The van der Waals surface area contributed by atoms with E-state index >= 15 is 0 Å². The van der Waals surface area contributed by atoms with Gasteiger partial charge in [-0.3, -0.25) is 14.4 Å². The first-order valence-electron chi connectivity index (χ1n) is 7.86. The lowest BCUT2D eigenvalue weighted by Crippen LogP contribution is -2.42. The van der Waals surface area contributed by atoms with Crippen LogP contribution in [0.25, 0.3) is 0 Å². The van der Waals surface area contributed by atoms with Crippen LogP contribution in [-0.4, -0.2) is 48.8 Å². The minimum atomic E-state index is -0.365. The van der Waals surface area contributed by atoms with E-state index in [1.54, 1.807) is 17.0 Å². The van der Waals surface area contributed by atoms with Crippen LogP contribution < -0.4 is 10.6 Å². The predicted octanol–water partition coefficient (Wildman–Crippen LogP) is 0.772. The van der Waals surface area contributed by atoms with Crippen molar-refractivity contribution < 1.29 is 14.4 Å². The van der Waals surface area contributed by atoms with Crippen molar-refractivity contribution in [1.29, 1.82) is 0 Å². The third-order valence-electron chi connectivity index (χ3n) is 3.79. The van der Waals surface area contributed by atoms with E-state index in [9.17, 15) is 14.4 Å². The molecule has 6 nitrogen and oxygen atoms in total. The van der Waals surface area contributed by atoms with Gasteiger partial charge in [-0.15, -0.1) is 0 Å². The molecule has 2 rings (SSSR count). The Morgan fingerprint density at radius 3 is 2.17 bits per heavy atom. The Labute approximate surface area is 136 Å². The molecular formula is C17H23N3O3. The second-order valence-corrected chi connectivity index (χ2v) is 5.92. The zero-order valence-corrected chi connectivity index (χ0v) is 13.6. The molecule has 1 aromatic rings. The molecule has 6 heteroatoms. The fourth-order valence-electron chi connectivity index (χ4n) is 2.68. The number of nitrogens with one attached hydrogen (secondary N) is 2. The van der Waals surface area contributed by atoms with E-state index in [0.717, 1.165) is 37.1 Å². The fourth-order valence-corrected chi connectivity index (χ4v) is 2.68. The van der Waals surface area contributed by atoms with E-state index in [1.807, 2.05) is 19.9 Å². The normalized spacial score (nSPS) is 13.7. The molecule has 1 aromatic carbocycles. The Bertz CT molecular complexity index is 587. The van der Waals surface area contributed by atoms with Crippen molar-refractivity contribution >= 4 is 17.7 Å². The van der Waals surface area contributed by atoms with Gasteiger partial charge in [0.05, 0.1) is 13.1 Å². The molecule has 23 heavy (non-hydrogen) atoms. The van der Waals surface area contributed by atoms with Gasteiger partial charge in [-0.25, -0.2) is 0 Å². The van der Waals surface area contributed by atoms with Gasteiger partial charge in [0.25, 0.3) is 5.91 Å². The molecule has 0 radical (unpaired) electrons. The first kappa shape index (κ1) is 17.0. The third-order valence-corrected chi connectivity index (χ3v) is 3.79. The van der Waals surface area contributed by atoms with E-state index in [2.05, 4.69) is 10.6 Å². The molecule has 1 heterocycles. The van der Waals surface area contributed by atoms with Crippen molar-refractivity contribution in [2.45, 2.75) is 26.7 Å². The lowest BCUT2D eigenvalue weighted by atomic mass is 10.1. The Hall–Kier alpha value is -2.37. The van der Waals surface area contributed by atoms with Gasteiger partial charge < -0.3 is 15.5 Å². The maximum absolute atomic E-state index is 12.0. The van der Waals surface area contributed by atoms with Gasteiger partial charge in [0, 0.05) is 18.7 Å². The molecule has 0 bridgehead atoms. The lowest BCUT2D eigenvalue weighted by Gasteiger charge is -2.15. The average Bonchev–Trinajstić information content (AvgIpc) is 3.03. The molecule has 0 unspecified atom stereocenters. The molecule has 0 saturated carbocycles. The monoisotopic (exact) mass is 317 g/mol. The van der Waals surface area contributed by atoms with Crippen LogP contribution in [0.4, 0.5) is 0 Å². The van der Waals surface area contributed by atoms with Crippen LogP contribution in [0.1, 0.15) is 34.3 Å². The summed E-state index contributed by atoms with van der Waals surface area (Å²) >= 11 is 0. The lowest BCUT2D eigenvalue weighted by molar-refractivity contribution is -0.131. The van der Waals surface area contributed by atoms with Crippen molar-refractivity contribution in [3.05, 3.63) is 34.9 Å². The number of hydrogen-bond donors (Lipinski definition) is 2. The predicted molar refractivity (Wildman–Crippen MR) is 87.1 cm³/mol. The van der Waals surface area contributed by atoms with E-state index in [-0.39, 0.29) is 30.8 Å². The Balaban J connectivity index is 1.75. The van der Waals surface area contributed by atoms with Crippen molar-refractivity contribution in [2.24, 2.45) is 0 Å². The highest BCUT2D eigenvalue weighted by atomic mass is 16.2. The smallest absolute Gasteiger partial charge is 0.251 e. The number of carbonyl (C=O) groups excluding carboxylic acids is 3. The summed E-state index contributed by atoms with van der Waals surface area (Å²) in [6.45, 7) is 5.20. The summed E-state index contributed by atoms with van der Waals surface area (Å²) < 4.78 is 0. The standard InChI is InChI=1S/C17H23N3O3/c1-12-7-13(2)9-14(8-12)17(23)19-10-15(21)18-11-16(22)20-5-3-4-6-20/h7-9H,3-6,10-11H2,1-2H3,(H,18,21)(H,19,23). The average molecular weight is 317 g/mol. The summed E-state index contributed by atoms with van der Waals surface area (Å²) in [5.74, 6) is -0.732. The highest BCUT2D eigenvalue weighted by Crippen LogP contribution is 2.08. The molecule has 3 amide bonds. The van der Waals surface area contributed by atoms with Gasteiger partial charge in [-0.2, -0.15) is 0 Å². The summed E-state index contributed by atoms with van der Waals surface area (Å²) in [6.07, 6.45) is 2.04. The van der Waals surface area contributed by atoms with Gasteiger partial charge in [0.2, 0.25) is 11.8 Å². The largest absolute Gasteiger partial charge is 0.345 e. The Morgan fingerprint density at radius 2 is 1.57 bits per heavy atom. The van der Waals surface area contributed by atoms with Crippen LogP contribution in [0.5, 0.6) is 0 Å². The van der Waals surface area contributed by atoms with E-state index < -0.39 is 0 Å². The number of aryl methyl sites for hydroxylation is 2. The van der Waals surface area contributed by atoms with Crippen molar-refractivity contribution in [3.63, 3.8) is 0 Å². The summed E-state index contributed by atoms with van der Waals surface area (Å²) in [5.41, 5.74) is 2.52. The van der Waals surface area contributed by atoms with E-state index in [1.165, 1.54) is 0 Å². The molecule has 1 aliphatic heterocycles. The number of amides is 3. The van der Waals surface area contributed by atoms with Crippen LogP contribution in [0.15, 0.2) is 18.2 Å². The fraction of sp³-hybridized carbons (Fsp3) is 0.471. The molecule has 0 aromatic heterocycles. The first-order chi connectivity index (χ1) is 11.0. The maximum Gasteiger partial charge on any atom is 0.251 e. The van der Waals surface area contributed by atoms with Crippen LogP contribution in [0.2, 0.25) is 0 Å². The number of hydrogen-bond acceptors (Lipinski definition) is 3. The number of benzene rings is 1. The van der Waals surface area contributed by atoms with Gasteiger partial charge in [0.1, 0.15) is 0 Å². The molecule has 1 aliphatic rings. The SMILES string of the molecule is Cc1cc(C)cc(C(=O)NCC(=O)NCC(=O)N2CCCC2)c1. The van der Waals surface area contributed by atoms with Gasteiger partial charge in [-0.05, 0) is 38.8 Å². The topological polar surface area (TPSA) is 78.5 Å². The zero-order chi connectivity index (χ0) is 16.8. The second-order valence-electron chi connectivity index (χ2n) is 5.92. The van der Waals surface area contributed by atoms with Crippen molar-refractivity contribution in [3.8, 4) is 0 Å². The molecule has 124 valence electrons. The van der Waals surface area contributed by atoms with E-state index in [4.69, 9.17) is 0 Å². The molecule has 0 spiro atoms. The molecular weight excluding hydrogens is 294 g/mol. The van der Waals surface area contributed by atoms with E-state index in [0.29, 0.717) is 5.56 Å². The maximum atomic E-state index is 12.0. The number of likely N-dealkylation sites (tertiary alicyclic amines) is 1. The Morgan fingerprint density at radius 1 is 0.957 bits per heavy atom. The van der Waals surface area contributed by atoms with Crippen LogP contribution in [0, 0.1) is 13.8 Å². The quantitative estimate of drug-likeness (QED) is 0.842.